The first-order chi connectivity index (χ1) is 12.8. The Balaban J connectivity index is 2.22. The third-order valence-electron chi connectivity index (χ3n) is 5.14. The van der Waals surface area contributed by atoms with Crippen molar-refractivity contribution >= 4 is 31.1 Å². The molecule has 0 amide bonds. The monoisotopic (exact) mass is 548 g/mol. The topological polar surface area (TPSA) is 26.3 Å². The molecular formula is C23H31BiO2. The van der Waals surface area contributed by atoms with Gasteiger partial charge in [-0.25, -0.2) is 0 Å². The third-order valence-corrected chi connectivity index (χ3v) is 5.98. The van der Waals surface area contributed by atoms with Gasteiger partial charge in [0.25, 0.3) is 0 Å². The second-order valence-corrected chi connectivity index (χ2v) is 7.83. The number of unbranched alkanes of at least 4 members (excludes halogenated alkanes) is 6. The van der Waals surface area contributed by atoms with Gasteiger partial charge < -0.3 is 0 Å². The molecule has 2 nitrogen and oxygen atoms in total. The van der Waals surface area contributed by atoms with Gasteiger partial charge in [0.1, 0.15) is 0 Å². The van der Waals surface area contributed by atoms with Gasteiger partial charge in [0.2, 0.25) is 0 Å². The molecule has 0 atom stereocenters. The van der Waals surface area contributed by atoms with E-state index in [2.05, 4.69) is 31.2 Å². The van der Waals surface area contributed by atoms with Crippen LogP contribution < -0.4 is 0 Å². The molecular weight excluding hydrogens is 517 g/mol. The van der Waals surface area contributed by atoms with E-state index in [9.17, 15) is 4.79 Å². The SMILES string of the molecule is CCCCCCCCCC(C(=O)[O][BiH2])(c1ccccc1)c1ccccc1. The predicted molar refractivity (Wildman–Crippen MR) is 111 cm³/mol. The molecule has 26 heavy (non-hydrogen) atoms. The summed E-state index contributed by atoms with van der Waals surface area (Å²) in [5, 5.41) is 0. The molecule has 0 heterocycles. The summed E-state index contributed by atoms with van der Waals surface area (Å²) in [5.74, 6) is -0.0918. The van der Waals surface area contributed by atoms with Gasteiger partial charge in [0.15, 0.2) is 0 Å². The molecule has 2 aromatic rings. The molecule has 0 aliphatic heterocycles. The summed E-state index contributed by atoms with van der Waals surface area (Å²) in [6.07, 6.45) is 9.48. The fourth-order valence-corrected chi connectivity index (χ4v) is 4.47. The van der Waals surface area contributed by atoms with E-state index in [1.54, 1.807) is 0 Å². The molecule has 0 unspecified atom stereocenters. The second kappa shape index (κ2) is 11.5. The van der Waals surface area contributed by atoms with E-state index in [-0.39, 0.29) is 31.1 Å². The number of hydrogen-bond acceptors (Lipinski definition) is 2. The second-order valence-electron chi connectivity index (χ2n) is 6.91. The van der Waals surface area contributed by atoms with Gasteiger partial charge in [-0.2, -0.15) is 0 Å². The van der Waals surface area contributed by atoms with Crippen molar-refractivity contribution in [2.75, 3.05) is 0 Å². The fraction of sp³-hybridized carbons (Fsp3) is 0.435. The minimum absolute atomic E-state index is 0.0918. The quantitative estimate of drug-likeness (QED) is 0.285. The average molecular weight is 548 g/mol. The first-order valence-electron chi connectivity index (χ1n) is 9.78. The van der Waals surface area contributed by atoms with Crippen LogP contribution in [0.1, 0.15) is 69.4 Å². The van der Waals surface area contributed by atoms with Crippen molar-refractivity contribution < 1.29 is 7.61 Å². The Morgan fingerprint density at radius 2 is 1.27 bits per heavy atom. The first-order valence-corrected chi connectivity index (χ1v) is 11.6. The van der Waals surface area contributed by atoms with E-state index >= 15 is 0 Å². The van der Waals surface area contributed by atoms with E-state index in [1.807, 2.05) is 36.4 Å². The Morgan fingerprint density at radius 3 is 1.73 bits per heavy atom. The van der Waals surface area contributed by atoms with Crippen molar-refractivity contribution in [2.24, 2.45) is 0 Å². The standard InChI is InChI=1S/C23H30O2.Bi.2H/c1-2-3-4-5-6-7-14-19-23(22(24)25,20-15-10-8-11-16-20)21-17-12-9-13-18-21;;;/h8-13,15-18H,2-7,14,19H2,1H3,(H,24,25);;;/q;+1;;/p-1. The van der Waals surface area contributed by atoms with Crippen LogP contribution >= 0.6 is 0 Å². The van der Waals surface area contributed by atoms with Crippen LogP contribution in [0.15, 0.2) is 60.7 Å². The predicted octanol–water partition coefficient (Wildman–Crippen LogP) is 5.20. The fourth-order valence-electron chi connectivity index (χ4n) is 3.69. The van der Waals surface area contributed by atoms with Crippen LogP contribution in [0.25, 0.3) is 0 Å². The first kappa shape index (κ1) is 21.1. The Kier molecular flexibility index (Phi) is 9.33. The Labute approximate surface area is 173 Å². The summed E-state index contributed by atoms with van der Waals surface area (Å²) in [4.78, 5) is 13.1. The Hall–Kier alpha value is -1.21. The van der Waals surface area contributed by atoms with Crippen LogP contribution in [0.5, 0.6) is 0 Å². The summed E-state index contributed by atoms with van der Waals surface area (Å²) in [6, 6.07) is 20.3. The van der Waals surface area contributed by atoms with Crippen molar-refractivity contribution in [1.29, 1.82) is 0 Å². The number of benzene rings is 2. The maximum atomic E-state index is 13.1. The molecule has 0 bridgehead atoms. The van der Waals surface area contributed by atoms with E-state index in [0.717, 1.165) is 24.0 Å². The van der Waals surface area contributed by atoms with Crippen LogP contribution in [-0.4, -0.2) is 31.1 Å². The zero-order valence-electron chi connectivity index (χ0n) is 15.8. The summed E-state index contributed by atoms with van der Waals surface area (Å²) in [7, 11) is 0. The minimum atomic E-state index is -0.680. The van der Waals surface area contributed by atoms with E-state index in [0.29, 0.717) is 0 Å². The number of carbonyl (C=O) groups excluding carboxylic acids is 1. The van der Waals surface area contributed by atoms with Crippen LogP contribution in [0, 0.1) is 0 Å². The van der Waals surface area contributed by atoms with E-state index < -0.39 is 5.41 Å². The Morgan fingerprint density at radius 1 is 0.808 bits per heavy atom. The molecule has 140 valence electrons. The summed E-state index contributed by atoms with van der Waals surface area (Å²) in [6.45, 7) is 2.24. The van der Waals surface area contributed by atoms with E-state index in [4.69, 9.17) is 2.81 Å². The Bertz CT molecular complexity index is 600. The molecule has 0 N–H and O–H groups in total. The van der Waals surface area contributed by atoms with Crippen molar-refractivity contribution in [2.45, 2.75) is 63.7 Å². The number of rotatable bonds is 11. The summed E-state index contributed by atoms with van der Waals surface area (Å²) in [5.41, 5.74) is 1.41. The normalized spacial score (nSPS) is 11.3. The van der Waals surface area contributed by atoms with Gasteiger partial charge in [-0.3, -0.25) is 0 Å². The third kappa shape index (κ3) is 5.40. The molecule has 0 saturated carbocycles. The average Bonchev–Trinajstić information content (AvgIpc) is 2.71. The molecule has 0 radical (unpaired) electrons. The molecule has 0 aliphatic carbocycles. The van der Waals surface area contributed by atoms with Crippen molar-refractivity contribution in [3.63, 3.8) is 0 Å². The van der Waals surface area contributed by atoms with Crippen LogP contribution in [-0.2, 0) is 13.0 Å². The molecule has 0 spiro atoms. The van der Waals surface area contributed by atoms with Crippen LogP contribution in [0.4, 0.5) is 0 Å². The summed E-state index contributed by atoms with van der Waals surface area (Å²) < 4.78 is 5.46. The summed E-state index contributed by atoms with van der Waals surface area (Å²) >= 11 is 0.202. The molecule has 2 rings (SSSR count). The van der Waals surface area contributed by atoms with Gasteiger partial charge in [-0.1, -0.05) is 0 Å². The molecule has 0 fully saturated rings. The number of carbonyl (C=O) groups is 1. The van der Waals surface area contributed by atoms with Gasteiger partial charge >= 0.3 is 174 Å². The molecule has 0 aromatic heterocycles. The van der Waals surface area contributed by atoms with Gasteiger partial charge in [-0.15, -0.1) is 0 Å². The van der Waals surface area contributed by atoms with Crippen LogP contribution in [0.2, 0.25) is 0 Å². The maximum absolute atomic E-state index is 13.1. The van der Waals surface area contributed by atoms with Gasteiger partial charge in [-0.05, 0) is 0 Å². The van der Waals surface area contributed by atoms with E-state index in [1.165, 1.54) is 38.5 Å². The molecule has 3 heteroatoms. The van der Waals surface area contributed by atoms with Gasteiger partial charge in [0.05, 0.1) is 0 Å². The van der Waals surface area contributed by atoms with Crippen molar-refractivity contribution in [3.8, 4) is 0 Å². The van der Waals surface area contributed by atoms with Crippen molar-refractivity contribution in [1.82, 2.24) is 0 Å². The van der Waals surface area contributed by atoms with Gasteiger partial charge in [0, 0.05) is 0 Å². The zero-order valence-corrected chi connectivity index (χ0v) is 20.3. The molecule has 0 aliphatic rings. The molecule has 0 saturated heterocycles. The number of hydrogen-bond donors (Lipinski definition) is 0. The molecule has 2 aromatic carbocycles. The van der Waals surface area contributed by atoms with Crippen molar-refractivity contribution in [3.05, 3.63) is 71.8 Å². The zero-order chi connectivity index (χ0) is 18.7. The van der Waals surface area contributed by atoms with Crippen LogP contribution in [0.3, 0.4) is 0 Å².